The van der Waals surface area contributed by atoms with E-state index in [0.717, 1.165) is 29.9 Å². The predicted molar refractivity (Wildman–Crippen MR) is 112 cm³/mol. The lowest BCUT2D eigenvalue weighted by Crippen LogP contribution is -2.40. The van der Waals surface area contributed by atoms with Crippen LogP contribution < -0.4 is 0 Å². The summed E-state index contributed by atoms with van der Waals surface area (Å²) in [5.41, 5.74) is 1.83. The zero-order valence-corrected chi connectivity index (χ0v) is 17.5. The summed E-state index contributed by atoms with van der Waals surface area (Å²) in [6, 6.07) is 9.88. The monoisotopic (exact) mass is 408 g/mol. The first-order chi connectivity index (χ1) is 14.5. The van der Waals surface area contributed by atoms with Crippen molar-refractivity contribution in [2.45, 2.75) is 38.7 Å². The summed E-state index contributed by atoms with van der Waals surface area (Å²) in [5, 5.41) is 10.6. The number of hydrogen-bond donors (Lipinski definition) is 1. The van der Waals surface area contributed by atoms with Crippen LogP contribution in [0.15, 0.2) is 47.1 Å². The Morgan fingerprint density at radius 2 is 2.00 bits per heavy atom. The number of likely N-dealkylation sites (tertiary alicyclic amines) is 1. The van der Waals surface area contributed by atoms with Crippen molar-refractivity contribution in [2.24, 2.45) is 13.0 Å². The number of rotatable bonds is 6. The average Bonchev–Trinajstić information content (AvgIpc) is 3.37. The van der Waals surface area contributed by atoms with Gasteiger partial charge in [-0.25, -0.2) is 9.97 Å². The third kappa shape index (κ3) is 4.31. The van der Waals surface area contributed by atoms with Crippen molar-refractivity contribution >= 4 is 5.91 Å². The van der Waals surface area contributed by atoms with Gasteiger partial charge in [-0.3, -0.25) is 4.79 Å². The lowest BCUT2D eigenvalue weighted by Gasteiger charge is -2.34. The molecule has 1 saturated heterocycles. The van der Waals surface area contributed by atoms with Gasteiger partial charge in [-0.2, -0.15) is 0 Å². The van der Waals surface area contributed by atoms with Crippen LogP contribution in [0, 0.1) is 12.8 Å². The maximum atomic E-state index is 12.7. The van der Waals surface area contributed by atoms with Crippen molar-refractivity contribution in [1.82, 2.24) is 19.4 Å². The van der Waals surface area contributed by atoms with Crippen molar-refractivity contribution < 1.29 is 14.3 Å². The number of piperidine rings is 1. The van der Waals surface area contributed by atoms with Gasteiger partial charge in [-0.1, -0.05) is 30.3 Å². The van der Waals surface area contributed by atoms with Gasteiger partial charge in [0.25, 0.3) is 0 Å². The summed E-state index contributed by atoms with van der Waals surface area (Å²) in [4.78, 5) is 23.3. The van der Waals surface area contributed by atoms with E-state index in [-0.39, 0.29) is 11.8 Å². The zero-order valence-electron chi connectivity index (χ0n) is 17.5. The molecular formula is C23H28N4O3. The van der Waals surface area contributed by atoms with E-state index in [0.29, 0.717) is 37.6 Å². The van der Waals surface area contributed by atoms with Crippen LogP contribution in [0.25, 0.3) is 11.3 Å². The van der Waals surface area contributed by atoms with Gasteiger partial charge in [0, 0.05) is 50.9 Å². The first-order valence-corrected chi connectivity index (χ1v) is 10.5. The van der Waals surface area contributed by atoms with E-state index in [1.54, 1.807) is 6.20 Å². The minimum absolute atomic E-state index is 0.108. The molecule has 1 fully saturated rings. The summed E-state index contributed by atoms with van der Waals surface area (Å²) >= 11 is 0. The Kier molecular flexibility index (Phi) is 5.99. The van der Waals surface area contributed by atoms with E-state index in [2.05, 4.69) is 9.97 Å². The Labute approximate surface area is 176 Å². The molecule has 1 atom stereocenters. The minimum atomic E-state index is -0.589. The molecule has 158 valence electrons. The maximum absolute atomic E-state index is 12.7. The maximum Gasteiger partial charge on any atom is 0.223 e. The van der Waals surface area contributed by atoms with Crippen molar-refractivity contribution in [3.05, 3.63) is 60.1 Å². The van der Waals surface area contributed by atoms with Crippen LogP contribution in [0.5, 0.6) is 0 Å². The Morgan fingerprint density at radius 1 is 1.27 bits per heavy atom. The van der Waals surface area contributed by atoms with E-state index in [9.17, 15) is 9.90 Å². The van der Waals surface area contributed by atoms with Gasteiger partial charge in [0.05, 0.1) is 5.69 Å². The normalized spacial score (nSPS) is 16.0. The van der Waals surface area contributed by atoms with Gasteiger partial charge in [-0.05, 0) is 25.7 Å². The molecule has 0 spiro atoms. The molecule has 2 aromatic heterocycles. The first kappa shape index (κ1) is 20.3. The van der Waals surface area contributed by atoms with Crippen molar-refractivity contribution in [3.63, 3.8) is 0 Å². The zero-order chi connectivity index (χ0) is 21.1. The van der Waals surface area contributed by atoms with Gasteiger partial charge in [-0.15, -0.1) is 0 Å². The summed E-state index contributed by atoms with van der Waals surface area (Å²) in [7, 11) is 1.89. The van der Waals surface area contributed by atoms with Gasteiger partial charge in [0.2, 0.25) is 5.91 Å². The van der Waals surface area contributed by atoms with Crippen LogP contribution in [0.1, 0.15) is 42.8 Å². The molecule has 1 unspecified atom stereocenters. The predicted octanol–water partition coefficient (Wildman–Crippen LogP) is 3.29. The fourth-order valence-corrected chi connectivity index (χ4v) is 4.13. The molecule has 1 aliphatic heterocycles. The lowest BCUT2D eigenvalue weighted by molar-refractivity contribution is -0.133. The number of oxazole rings is 1. The quantitative estimate of drug-likeness (QED) is 0.677. The van der Waals surface area contributed by atoms with E-state index in [4.69, 9.17) is 4.42 Å². The second-order valence-corrected chi connectivity index (χ2v) is 7.95. The summed E-state index contributed by atoms with van der Waals surface area (Å²) < 4.78 is 7.77. The number of aliphatic hydroxyl groups is 1. The van der Waals surface area contributed by atoms with Crippen molar-refractivity contribution in [2.75, 3.05) is 13.1 Å². The highest BCUT2D eigenvalue weighted by molar-refractivity contribution is 5.76. The molecule has 1 aromatic carbocycles. The largest absolute Gasteiger partial charge is 0.440 e. The Morgan fingerprint density at radius 3 is 2.67 bits per heavy atom. The van der Waals surface area contributed by atoms with Gasteiger partial charge in [0.1, 0.15) is 11.9 Å². The van der Waals surface area contributed by atoms with Crippen LogP contribution >= 0.6 is 0 Å². The summed E-state index contributed by atoms with van der Waals surface area (Å²) in [6.07, 6.45) is 5.36. The lowest BCUT2D eigenvalue weighted by atomic mass is 9.90. The molecule has 3 heterocycles. The number of nitrogens with zero attached hydrogens (tertiary/aromatic N) is 4. The molecule has 3 aromatic rings. The Balaban J connectivity index is 1.29. The second kappa shape index (κ2) is 8.83. The number of carbonyl (C=O) groups is 1. The molecule has 0 saturated carbocycles. The number of carbonyl (C=O) groups excluding carboxylic acids is 1. The third-order valence-electron chi connectivity index (χ3n) is 5.89. The SMILES string of the molecule is Cc1nc(CCC(=O)N2CCC(C(O)c3nccn3C)CC2)oc1-c1ccccc1. The minimum Gasteiger partial charge on any atom is -0.440 e. The van der Waals surface area contributed by atoms with Crippen molar-refractivity contribution in [1.29, 1.82) is 0 Å². The standard InChI is InChI=1S/C23H28N4O3/c1-16-22(18-6-4-3-5-7-18)30-19(25-16)8-9-20(28)27-13-10-17(11-14-27)21(29)23-24-12-15-26(23)2/h3-7,12,15,17,21,29H,8-11,13-14H2,1-2H3. The third-order valence-corrected chi connectivity index (χ3v) is 5.89. The first-order valence-electron chi connectivity index (χ1n) is 10.5. The number of amides is 1. The molecule has 1 N–H and O–H groups in total. The fraction of sp³-hybridized carbons (Fsp3) is 0.435. The molecule has 4 rings (SSSR count). The number of aliphatic hydroxyl groups excluding tert-OH is 1. The van der Waals surface area contributed by atoms with Crippen LogP contribution in [0.3, 0.4) is 0 Å². The molecule has 0 bridgehead atoms. The fourth-order valence-electron chi connectivity index (χ4n) is 4.13. The molecule has 7 heteroatoms. The highest BCUT2D eigenvalue weighted by Crippen LogP contribution is 2.30. The number of aromatic nitrogens is 3. The molecule has 1 aliphatic rings. The molecule has 7 nitrogen and oxygen atoms in total. The summed E-state index contributed by atoms with van der Waals surface area (Å²) in [6.45, 7) is 3.24. The molecule has 1 amide bonds. The van der Waals surface area contributed by atoms with Gasteiger partial charge < -0.3 is 19.0 Å². The molecule has 30 heavy (non-hydrogen) atoms. The van der Waals surface area contributed by atoms with Gasteiger partial charge >= 0.3 is 0 Å². The van der Waals surface area contributed by atoms with E-state index >= 15 is 0 Å². The number of benzene rings is 1. The van der Waals surface area contributed by atoms with Crippen LogP contribution in [-0.2, 0) is 18.3 Å². The number of aryl methyl sites for hydroxylation is 3. The summed E-state index contributed by atoms with van der Waals surface area (Å²) in [5.74, 6) is 2.28. The molecular weight excluding hydrogens is 380 g/mol. The molecule has 0 radical (unpaired) electrons. The van der Waals surface area contributed by atoms with E-state index in [1.807, 2.05) is 60.0 Å². The van der Waals surface area contributed by atoms with Crippen molar-refractivity contribution in [3.8, 4) is 11.3 Å². The van der Waals surface area contributed by atoms with Gasteiger partial charge in [0.15, 0.2) is 11.7 Å². The van der Waals surface area contributed by atoms with Crippen LogP contribution in [0.2, 0.25) is 0 Å². The second-order valence-electron chi connectivity index (χ2n) is 7.95. The molecule has 0 aliphatic carbocycles. The van der Waals surface area contributed by atoms with Crippen LogP contribution in [-0.4, -0.2) is 43.5 Å². The van der Waals surface area contributed by atoms with Crippen LogP contribution in [0.4, 0.5) is 0 Å². The van der Waals surface area contributed by atoms with E-state index in [1.165, 1.54) is 0 Å². The number of hydrogen-bond acceptors (Lipinski definition) is 5. The Bertz CT molecular complexity index is 987. The topological polar surface area (TPSA) is 84.4 Å². The number of imidazole rings is 1. The smallest absolute Gasteiger partial charge is 0.223 e. The highest BCUT2D eigenvalue weighted by atomic mass is 16.4. The van der Waals surface area contributed by atoms with E-state index < -0.39 is 6.10 Å². The highest BCUT2D eigenvalue weighted by Gasteiger charge is 2.30. The Hall–Kier alpha value is -2.93. The average molecular weight is 409 g/mol.